The molecule has 0 aromatic heterocycles. The maximum absolute atomic E-state index is 12.0. The fourth-order valence-corrected chi connectivity index (χ4v) is 2.73. The molecule has 6 heteroatoms. The van der Waals surface area contributed by atoms with Crippen molar-refractivity contribution in [3.8, 4) is 6.07 Å². The highest BCUT2D eigenvalue weighted by molar-refractivity contribution is 8.00. The van der Waals surface area contributed by atoms with Crippen molar-refractivity contribution < 1.29 is 14.7 Å². The number of aromatic carboxylic acids is 1. The lowest BCUT2D eigenvalue weighted by atomic mass is 9.97. The third-order valence-electron chi connectivity index (χ3n) is 3.21. The smallest absolute Gasteiger partial charge is 0.335 e. The van der Waals surface area contributed by atoms with E-state index in [2.05, 4.69) is 0 Å². The van der Waals surface area contributed by atoms with E-state index in [1.54, 1.807) is 17.0 Å². The molecule has 0 saturated carbocycles. The van der Waals surface area contributed by atoms with Gasteiger partial charge in [-0.1, -0.05) is 6.07 Å². The SMILES string of the molecule is N#CCSCC(=O)N1CCc2ccc(C(=O)O)cc2C1. The molecule has 0 atom stereocenters. The third kappa shape index (κ3) is 3.31. The molecule has 0 radical (unpaired) electrons. The maximum atomic E-state index is 12.0. The summed E-state index contributed by atoms with van der Waals surface area (Å²) < 4.78 is 0. The summed E-state index contributed by atoms with van der Waals surface area (Å²) in [5, 5.41) is 17.4. The van der Waals surface area contributed by atoms with Crippen molar-refractivity contribution in [1.29, 1.82) is 5.26 Å². The van der Waals surface area contributed by atoms with E-state index in [0.29, 0.717) is 24.6 Å². The Morgan fingerprint density at radius 2 is 2.20 bits per heavy atom. The van der Waals surface area contributed by atoms with E-state index in [9.17, 15) is 9.59 Å². The van der Waals surface area contributed by atoms with E-state index in [4.69, 9.17) is 10.4 Å². The predicted molar refractivity (Wildman–Crippen MR) is 75.5 cm³/mol. The molecule has 2 rings (SSSR count). The van der Waals surface area contributed by atoms with Gasteiger partial charge in [-0.3, -0.25) is 4.79 Å². The molecular formula is C14H14N2O3S. The minimum Gasteiger partial charge on any atom is -0.478 e. The van der Waals surface area contributed by atoms with Gasteiger partial charge in [-0.25, -0.2) is 4.79 Å². The zero-order valence-corrected chi connectivity index (χ0v) is 11.7. The zero-order valence-electron chi connectivity index (χ0n) is 10.8. The summed E-state index contributed by atoms with van der Waals surface area (Å²) in [4.78, 5) is 24.7. The lowest BCUT2D eigenvalue weighted by Crippen LogP contribution is -2.37. The van der Waals surface area contributed by atoms with E-state index in [0.717, 1.165) is 17.5 Å². The quantitative estimate of drug-likeness (QED) is 0.850. The molecule has 1 aromatic carbocycles. The Bertz CT molecular complexity index is 580. The first-order valence-corrected chi connectivity index (χ1v) is 7.35. The van der Waals surface area contributed by atoms with Crippen LogP contribution in [0.15, 0.2) is 18.2 Å². The van der Waals surface area contributed by atoms with Gasteiger partial charge in [0.1, 0.15) is 0 Å². The monoisotopic (exact) mass is 290 g/mol. The number of fused-ring (bicyclic) bond motifs is 1. The fraction of sp³-hybridized carbons (Fsp3) is 0.357. The molecular weight excluding hydrogens is 276 g/mol. The van der Waals surface area contributed by atoms with Crippen LogP contribution in [0, 0.1) is 11.3 Å². The molecule has 0 unspecified atom stereocenters. The van der Waals surface area contributed by atoms with Crippen LogP contribution in [0.3, 0.4) is 0 Å². The number of amides is 1. The molecule has 0 aliphatic carbocycles. The van der Waals surface area contributed by atoms with E-state index in [1.807, 2.05) is 12.1 Å². The number of carbonyl (C=O) groups excluding carboxylic acids is 1. The molecule has 104 valence electrons. The molecule has 5 nitrogen and oxygen atoms in total. The first-order chi connectivity index (χ1) is 9.61. The van der Waals surface area contributed by atoms with Crippen molar-refractivity contribution in [3.05, 3.63) is 34.9 Å². The van der Waals surface area contributed by atoms with E-state index >= 15 is 0 Å². The maximum Gasteiger partial charge on any atom is 0.335 e. The molecule has 1 heterocycles. The van der Waals surface area contributed by atoms with Crippen molar-refractivity contribution in [2.24, 2.45) is 0 Å². The average molecular weight is 290 g/mol. The van der Waals surface area contributed by atoms with Gasteiger partial charge < -0.3 is 10.0 Å². The highest BCUT2D eigenvalue weighted by Crippen LogP contribution is 2.21. The van der Waals surface area contributed by atoms with E-state index in [-0.39, 0.29) is 11.5 Å². The minimum atomic E-state index is -0.958. The van der Waals surface area contributed by atoms with Crippen LogP contribution in [0.25, 0.3) is 0 Å². The van der Waals surface area contributed by atoms with Crippen LogP contribution in [0.1, 0.15) is 21.5 Å². The van der Waals surface area contributed by atoms with Crippen LogP contribution in [0.4, 0.5) is 0 Å². The lowest BCUT2D eigenvalue weighted by molar-refractivity contribution is -0.129. The van der Waals surface area contributed by atoms with Gasteiger partial charge >= 0.3 is 5.97 Å². The molecule has 20 heavy (non-hydrogen) atoms. The second kappa shape index (κ2) is 6.44. The second-order valence-corrected chi connectivity index (χ2v) is 5.49. The number of carboxylic acid groups (broad SMARTS) is 1. The fourth-order valence-electron chi connectivity index (χ4n) is 2.18. The highest BCUT2D eigenvalue weighted by Gasteiger charge is 2.21. The van der Waals surface area contributed by atoms with Gasteiger partial charge in [-0.05, 0) is 29.7 Å². The number of benzene rings is 1. The van der Waals surface area contributed by atoms with E-state index in [1.165, 1.54) is 11.8 Å². The molecule has 0 spiro atoms. The van der Waals surface area contributed by atoms with Crippen molar-refractivity contribution in [1.82, 2.24) is 4.90 Å². The van der Waals surface area contributed by atoms with Crippen molar-refractivity contribution in [2.45, 2.75) is 13.0 Å². The highest BCUT2D eigenvalue weighted by atomic mass is 32.2. The van der Waals surface area contributed by atoms with Gasteiger partial charge in [0.15, 0.2) is 0 Å². The second-order valence-electron chi connectivity index (χ2n) is 4.50. The van der Waals surface area contributed by atoms with Crippen LogP contribution < -0.4 is 0 Å². The number of carboxylic acids is 1. The first-order valence-electron chi connectivity index (χ1n) is 6.19. The van der Waals surface area contributed by atoms with Gasteiger partial charge in [-0.2, -0.15) is 5.26 Å². The number of hydrogen-bond acceptors (Lipinski definition) is 4. The van der Waals surface area contributed by atoms with Gasteiger partial charge in [-0.15, -0.1) is 11.8 Å². The summed E-state index contributed by atoms with van der Waals surface area (Å²) in [7, 11) is 0. The number of hydrogen-bond donors (Lipinski definition) is 1. The number of rotatable bonds is 4. The summed E-state index contributed by atoms with van der Waals surface area (Å²) in [5.41, 5.74) is 2.25. The largest absolute Gasteiger partial charge is 0.478 e. The number of thioether (sulfide) groups is 1. The topological polar surface area (TPSA) is 81.4 Å². The molecule has 1 aliphatic heterocycles. The predicted octanol–water partition coefficient (Wildman–Crippen LogP) is 1.53. The van der Waals surface area contributed by atoms with Gasteiger partial charge in [0.05, 0.1) is 23.1 Å². The van der Waals surface area contributed by atoms with E-state index < -0.39 is 5.97 Å². The summed E-state index contributed by atoms with van der Waals surface area (Å²) >= 11 is 1.30. The van der Waals surface area contributed by atoms with Gasteiger partial charge in [0, 0.05) is 13.1 Å². The molecule has 0 bridgehead atoms. The minimum absolute atomic E-state index is 0.00312. The van der Waals surface area contributed by atoms with Crippen LogP contribution in [0.5, 0.6) is 0 Å². The van der Waals surface area contributed by atoms with Crippen molar-refractivity contribution >= 4 is 23.6 Å². The normalized spacial score (nSPS) is 13.4. The average Bonchev–Trinajstić information content (AvgIpc) is 2.46. The van der Waals surface area contributed by atoms with Gasteiger partial charge in [0.25, 0.3) is 0 Å². The molecule has 0 fully saturated rings. The van der Waals surface area contributed by atoms with Crippen molar-refractivity contribution in [2.75, 3.05) is 18.1 Å². The first kappa shape index (κ1) is 14.4. The summed E-state index contributed by atoms with van der Waals surface area (Å²) in [6.07, 6.45) is 0.740. The van der Waals surface area contributed by atoms with Crippen molar-refractivity contribution in [3.63, 3.8) is 0 Å². The van der Waals surface area contributed by atoms with Crippen LogP contribution in [-0.2, 0) is 17.8 Å². The number of nitrogens with zero attached hydrogens (tertiary/aromatic N) is 2. The van der Waals surface area contributed by atoms with Crippen LogP contribution in [0.2, 0.25) is 0 Å². The molecule has 1 amide bonds. The Morgan fingerprint density at radius 1 is 1.40 bits per heavy atom. The number of nitriles is 1. The number of carbonyl (C=O) groups is 2. The summed E-state index contributed by atoms with van der Waals surface area (Å²) in [6.45, 7) is 1.09. The lowest BCUT2D eigenvalue weighted by Gasteiger charge is -2.29. The Labute approximate surface area is 121 Å². The molecule has 1 aromatic rings. The zero-order chi connectivity index (χ0) is 14.5. The molecule has 0 saturated heterocycles. The Hall–Kier alpha value is -2.00. The van der Waals surface area contributed by atoms with Crippen LogP contribution >= 0.6 is 11.8 Å². The summed E-state index contributed by atoms with van der Waals surface area (Å²) in [6, 6.07) is 7.05. The Kier molecular flexibility index (Phi) is 4.64. The molecule has 1 aliphatic rings. The summed E-state index contributed by atoms with van der Waals surface area (Å²) in [5.74, 6) is -0.363. The third-order valence-corrected chi connectivity index (χ3v) is 3.99. The van der Waals surface area contributed by atoms with Gasteiger partial charge in [0.2, 0.25) is 5.91 Å². The Balaban J connectivity index is 2.06. The standard InChI is InChI=1S/C14H14N2O3S/c15-4-6-20-9-13(17)16-5-3-10-1-2-11(14(18)19)7-12(10)8-16/h1-2,7H,3,5-6,8-9H2,(H,18,19). The molecule has 1 N–H and O–H groups in total. The van der Waals surface area contributed by atoms with Crippen LogP contribution in [-0.4, -0.2) is 39.9 Å². The Morgan fingerprint density at radius 3 is 2.90 bits per heavy atom.